The summed E-state index contributed by atoms with van der Waals surface area (Å²) in [7, 11) is 0. The molecule has 1 heterocycles. The molecule has 144 valence electrons. The molecule has 0 fully saturated rings. The maximum absolute atomic E-state index is 12.6. The van der Waals surface area contributed by atoms with E-state index in [4.69, 9.17) is 11.6 Å². The molecule has 0 bridgehead atoms. The standard InChI is InChI=1S/C25H27ClNO/c1-16-6-7-22(20(5)19(16)4)13-23-12-18(3)27(14-17(23)2)15-25(28)21-8-10-24(26)11-9-21/h6-12,14H,13,15H2,1-5H3/q+1. The molecule has 0 N–H and O–H groups in total. The summed E-state index contributed by atoms with van der Waals surface area (Å²) in [5, 5.41) is 0.641. The first kappa shape index (κ1) is 20.3. The third-order valence-electron chi connectivity index (χ3n) is 5.72. The first-order valence-electron chi connectivity index (χ1n) is 9.60. The summed E-state index contributed by atoms with van der Waals surface area (Å²) in [4.78, 5) is 12.6. The second-order valence-electron chi connectivity index (χ2n) is 7.65. The minimum absolute atomic E-state index is 0.0851. The van der Waals surface area contributed by atoms with Crippen LogP contribution in [0, 0.1) is 34.6 Å². The van der Waals surface area contributed by atoms with Gasteiger partial charge in [-0.2, -0.15) is 4.57 Å². The summed E-state index contributed by atoms with van der Waals surface area (Å²) >= 11 is 5.92. The van der Waals surface area contributed by atoms with Crippen LogP contribution in [0.4, 0.5) is 0 Å². The van der Waals surface area contributed by atoms with Crippen molar-refractivity contribution in [1.29, 1.82) is 0 Å². The van der Waals surface area contributed by atoms with Gasteiger partial charge in [-0.25, -0.2) is 0 Å². The second kappa shape index (κ2) is 8.28. The van der Waals surface area contributed by atoms with Crippen molar-refractivity contribution in [1.82, 2.24) is 0 Å². The number of hydrogen-bond donors (Lipinski definition) is 0. The van der Waals surface area contributed by atoms with Crippen LogP contribution in [0.3, 0.4) is 0 Å². The predicted octanol–water partition coefficient (Wildman–Crippen LogP) is 5.64. The number of nitrogens with zero attached hydrogens (tertiary/aromatic N) is 1. The third-order valence-corrected chi connectivity index (χ3v) is 5.98. The Morgan fingerprint density at radius 3 is 2.21 bits per heavy atom. The highest BCUT2D eigenvalue weighted by molar-refractivity contribution is 6.30. The van der Waals surface area contributed by atoms with Crippen molar-refractivity contribution in [2.24, 2.45) is 0 Å². The Bertz CT molecular complexity index is 1040. The maximum atomic E-state index is 12.6. The van der Waals surface area contributed by atoms with E-state index in [1.807, 2.05) is 4.57 Å². The van der Waals surface area contributed by atoms with E-state index in [2.05, 4.69) is 59.0 Å². The van der Waals surface area contributed by atoms with E-state index in [9.17, 15) is 4.79 Å². The van der Waals surface area contributed by atoms with Gasteiger partial charge >= 0.3 is 0 Å². The number of carbonyl (C=O) groups excluding carboxylic acids is 1. The van der Waals surface area contributed by atoms with Gasteiger partial charge in [-0.3, -0.25) is 4.79 Å². The molecule has 0 saturated carbocycles. The summed E-state index contributed by atoms with van der Waals surface area (Å²) in [6.45, 7) is 11.1. The van der Waals surface area contributed by atoms with Gasteiger partial charge in [0.1, 0.15) is 0 Å². The van der Waals surface area contributed by atoms with Crippen LogP contribution >= 0.6 is 11.6 Å². The first-order valence-corrected chi connectivity index (χ1v) is 9.98. The summed E-state index contributed by atoms with van der Waals surface area (Å²) in [5.74, 6) is 0.0851. The lowest BCUT2D eigenvalue weighted by Gasteiger charge is -2.13. The van der Waals surface area contributed by atoms with Crippen LogP contribution in [0.1, 0.15) is 49.4 Å². The van der Waals surface area contributed by atoms with Crippen molar-refractivity contribution in [3.05, 3.63) is 98.3 Å². The quantitative estimate of drug-likeness (QED) is 0.406. The number of pyridine rings is 1. The van der Waals surface area contributed by atoms with E-state index in [1.165, 1.54) is 33.4 Å². The highest BCUT2D eigenvalue weighted by atomic mass is 35.5. The molecule has 3 rings (SSSR count). The molecule has 3 heteroatoms. The van der Waals surface area contributed by atoms with Gasteiger partial charge in [0.15, 0.2) is 11.9 Å². The number of rotatable bonds is 5. The van der Waals surface area contributed by atoms with E-state index in [0.717, 1.165) is 12.1 Å². The fourth-order valence-electron chi connectivity index (χ4n) is 3.52. The zero-order valence-corrected chi connectivity index (χ0v) is 18.0. The molecule has 3 aromatic rings. The van der Waals surface area contributed by atoms with Crippen LogP contribution in [0.25, 0.3) is 0 Å². The molecule has 0 spiro atoms. The van der Waals surface area contributed by atoms with Crippen LogP contribution in [0.2, 0.25) is 5.02 Å². The Balaban J connectivity index is 1.84. The zero-order chi connectivity index (χ0) is 20.4. The summed E-state index contributed by atoms with van der Waals surface area (Å²) in [6.07, 6.45) is 3.00. The molecule has 0 aliphatic rings. The van der Waals surface area contributed by atoms with E-state index in [1.54, 1.807) is 24.3 Å². The van der Waals surface area contributed by atoms with Gasteiger partial charge in [0, 0.05) is 29.1 Å². The summed E-state index contributed by atoms with van der Waals surface area (Å²) < 4.78 is 2.03. The Morgan fingerprint density at radius 2 is 1.54 bits per heavy atom. The van der Waals surface area contributed by atoms with Gasteiger partial charge in [-0.1, -0.05) is 23.7 Å². The lowest BCUT2D eigenvalue weighted by molar-refractivity contribution is -0.689. The van der Waals surface area contributed by atoms with E-state index in [-0.39, 0.29) is 5.78 Å². The van der Waals surface area contributed by atoms with Crippen molar-refractivity contribution < 1.29 is 9.36 Å². The Hall–Kier alpha value is -2.45. The van der Waals surface area contributed by atoms with E-state index < -0.39 is 0 Å². The number of aromatic nitrogens is 1. The average molecular weight is 393 g/mol. The van der Waals surface area contributed by atoms with Crippen LogP contribution in [-0.2, 0) is 13.0 Å². The van der Waals surface area contributed by atoms with Crippen molar-refractivity contribution in [3.63, 3.8) is 0 Å². The molecular weight excluding hydrogens is 366 g/mol. The van der Waals surface area contributed by atoms with E-state index in [0.29, 0.717) is 17.1 Å². The monoisotopic (exact) mass is 392 g/mol. The number of carbonyl (C=O) groups is 1. The highest BCUT2D eigenvalue weighted by Gasteiger charge is 2.17. The molecule has 0 aliphatic carbocycles. The zero-order valence-electron chi connectivity index (χ0n) is 17.3. The molecule has 0 aliphatic heterocycles. The topological polar surface area (TPSA) is 20.9 Å². The minimum atomic E-state index is 0.0851. The van der Waals surface area contributed by atoms with Gasteiger partial charge < -0.3 is 0 Å². The largest absolute Gasteiger partial charge is 0.287 e. The molecule has 0 radical (unpaired) electrons. The van der Waals surface area contributed by atoms with Crippen LogP contribution in [0.5, 0.6) is 0 Å². The number of halogens is 1. The van der Waals surface area contributed by atoms with Gasteiger partial charge in [0.2, 0.25) is 12.3 Å². The maximum Gasteiger partial charge on any atom is 0.227 e. The number of hydrogen-bond acceptors (Lipinski definition) is 1. The molecule has 2 aromatic carbocycles. The van der Waals surface area contributed by atoms with Crippen molar-refractivity contribution in [3.8, 4) is 0 Å². The van der Waals surface area contributed by atoms with Gasteiger partial charge in [0.25, 0.3) is 0 Å². The Morgan fingerprint density at radius 1 is 0.857 bits per heavy atom. The molecule has 0 saturated heterocycles. The van der Waals surface area contributed by atoms with Crippen molar-refractivity contribution >= 4 is 17.4 Å². The minimum Gasteiger partial charge on any atom is -0.287 e. The van der Waals surface area contributed by atoms with Gasteiger partial charge in [0.05, 0.1) is 0 Å². The molecule has 0 amide bonds. The average Bonchev–Trinajstić information content (AvgIpc) is 2.66. The third kappa shape index (κ3) is 4.34. The highest BCUT2D eigenvalue weighted by Crippen LogP contribution is 2.21. The smallest absolute Gasteiger partial charge is 0.227 e. The Labute approximate surface area is 172 Å². The molecule has 28 heavy (non-hydrogen) atoms. The molecular formula is C25H27ClNO+. The fourth-order valence-corrected chi connectivity index (χ4v) is 3.64. The van der Waals surface area contributed by atoms with Crippen molar-refractivity contribution in [2.75, 3.05) is 0 Å². The number of benzene rings is 2. The van der Waals surface area contributed by atoms with E-state index >= 15 is 0 Å². The normalized spacial score (nSPS) is 10.9. The lowest BCUT2D eigenvalue weighted by atomic mass is 9.93. The molecule has 2 nitrogen and oxygen atoms in total. The molecule has 1 aromatic heterocycles. The summed E-state index contributed by atoms with van der Waals surface area (Å²) in [6, 6.07) is 13.7. The first-order chi connectivity index (χ1) is 13.3. The molecule has 0 atom stereocenters. The fraction of sp³-hybridized carbons (Fsp3) is 0.280. The number of ketones is 1. The van der Waals surface area contributed by atoms with Gasteiger partial charge in [-0.15, -0.1) is 0 Å². The number of aryl methyl sites for hydroxylation is 3. The van der Waals surface area contributed by atoms with Crippen LogP contribution in [0.15, 0.2) is 48.7 Å². The lowest BCUT2D eigenvalue weighted by Crippen LogP contribution is -2.41. The second-order valence-corrected chi connectivity index (χ2v) is 8.09. The molecule has 0 unspecified atom stereocenters. The SMILES string of the molecule is Cc1c[n+](CC(=O)c2ccc(Cl)cc2)c(C)cc1Cc1ccc(C)c(C)c1C. The van der Waals surface area contributed by atoms with Crippen molar-refractivity contribution in [2.45, 2.75) is 47.6 Å². The number of Topliss-reactive ketones (excluding diaryl/α,β-unsaturated/α-hetero) is 1. The summed E-state index contributed by atoms with van der Waals surface area (Å²) in [5.41, 5.74) is 9.71. The predicted molar refractivity (Wildman–Crippen MR) is 115 cm³/mol. The Kier molecular flexibility index (Phi) is 6.00. The van der Waals surface area contributed by atoms with Gasteiger partial charge in [-0.05, 0) is 86.2 Å². The van der Waals surface area contributed by atoms with Crippen LogP contribution < -0.4 is 4.57 Å². The van der Waals surface area contributed by atoms with Crippen LogP contribution in [-0.4, -0.2) is 5.78 Å².